The fraction of sp³-hybridized carbons (Fsp3) is 0.750. The molecule has 0 radical (unpaired) electrons. The number of amides is 1. The summed E-state index contributed by atoms with van der Waals surface area (Å²) >= 11 is 0. The summed E-state index contributed by atoms with van der Waals surface area (Å²) in [4.78, 5) is 24.7. The minimum absolute atomic E-state index is 0.0357. The van der Waals surface area contributed by atoms with Gasteiger partial charge in [0.2, 0.25) is 5.91 Å². The van der Waals surface area contributed by atoms with Crippen LogP contribution in [0.1, 0.15) is 48.0 Å². The van der Waals surface area contributed by atoms with E-state index in [1.807, 2.05) is 13.8 Å². The molecule has 0 fully saturated rings. The zero-order chi connectivity index (χ0) is 17.0. The molecule has 0 aromatic carbocycles. The van der Waals surface area contributed by atoms with Gasteiger partial charge in [-0.25, -0.2) is 4.79 Å². The van der Waals surface area contributed by atoms with Gasteiger partial charge in [-0.05, 0) is 19.8 Å². The number of carbonyl (C=O) groups excluding carboxylic acids is 2. The monoisotopic (exact) mass is 300 g/mol. The molecule has 1 unspecified atom stereocenters. The van der Waals surface area contributed by atoms with Gasteiger partial charge in [0.1, 0.15) is 0 Å². The second kappa shape index (κ2) is 12.4. The van der Waals surface area contributed by atoms with Crippen molar-refractivity contribution in [3.63, 3.8) is 0 Å². The van der Waals surface area contributed by atoms with Crippen molar-refractivity contribution in [1.82, 2.24) is 4.90 Å². The molecule has 0 bridgehead atoms. The lowest BCUT2D eigenvalue weighted by Gasteiger charge is -2.29. The number of rotatable bonds is 6. The van der Waals surface area contributed by atoms with E-state index in [0.717, 1.165) is 0 Å². The van der Waals surface area contributed by atoms with Crippen molar-refractivity contribution in [2.75, 3.05) is 20.2 Å². The minimum atomic E-state index is -0.350. The van der Waals surface area contributed by atoms with Gasteiger partial charge in [-0.1, -0.05) is 40.2 Å². The second-order valence-electron chi connectivity index (χ2n) is 5.22. The second-order valence-corrected chi connectivity index (χ2v) is 5.22. The number of nitrogens with zero attached hydrogens (tertiary/aromatic N) is 1. The van der Waals surface area contributed by atoms with Crippen LogP contribution < -0.4 is 5.73 Å². The molecule has 0 heterocycles. The van der Waals surface area contributed by atoms with Crippen molar-refractivity contribution in [3.05, 3.63) is 11.6 Å². The predicted octanol–water partition coefficient (Wildman–Crippen LogP) is 2.35. The Morgan fingerprint density at radius 3 is 2.05 bits per heavy atom. The van der Waals surface area contributed by atoms with Crippen LogP contribution >= 0.6 is 0 Å². The van der Waals surface area contributed by atoms with Crippen LogP contribution in [-0.2, 0) is 14.3 Å². The molecule has 5 heteroatoms. The lowest BCUT2D eigenvalue weighted by atomic mass is 10.00. The van der Waals surface area contributed by atoms with Crippen LogP contribution in [-0.4, -0.2) is 43.0 Å². The van der Waals surface area contributed by atoms with Gasteiger partial charge in [-0.15, -0.1) is 0 Å². The summed E-state index contributed by atoms with van der Waals surface area (Å²) in [6.45, 7) is 12.0. The summed E-state index contributed by atoms with van der Waals surface area (Å²) < 4.78 is 4.92. The highest BCUT2D eigenvalue weighted by Crippen LogP contribution is 2.13. The first-order chi connectivity index (χ1) is 9.76. The Bertz CT molecular complexity index is 338. The van der Waals surface area contributed by atoms with E-state index in [2.05, 4.69) is 13.8 Å². The van der Waals surface area contributed by atoms with E-state index in [0.29, 0.717) is 12.2 Å². The topological polar surface area (TPSA) is 72.6 Å². The molecule has 0 saturated carbocycles. The van der Waals surface area contributed by atoms with Gasteiger partial charge < -0.3 is 15.4 Å². The van der Waals surface area contributed by atoms with E-state index in [9.17, 15) is 9.59 Å². The van der Waals surface area contributed by atoms with Gasteiger partial charge in [0.15, 0.2) is 0 Å². The molecule has 0 aromatic rings. The Morgan fingerprint density at radius 1 is 1.24 bits per heavy atom. The largest absolute Gasteiger partial charge is 0.463 e. The Hall–Kier alpha value is -1.36. The molecule has 0 saturated heterocycles. The summed E-state index contributed by atoms with van der Waals surface area (Å²) in [7, 11) is 1.69. The highest BCUT2D eigenvalue weighted by atomic mass is 16.5. The van der Waals surface area contributed by atoms with Gasteiger partial charge in [-0.3, -0.25) is 4.79 Å². The molecule has 0 aliphatic carbocycles. The van der Waals surface area contributed by atoms with Crippen molar-refractivity contribution >= 4 is 11.9 Å². The number of hydrogen-bond acceptors (Lipinski definition) is 4. The van der Waals surface area contributed by atoms with Crippen LogP contribution in [0.15, 0.2) is 11.6 Å². The van der Waals surface area contributed by atoms with Gasteiger partial charge in [0, 0.05) is 12.6 Å². The zero-order valence-corrected chi connectivity index (χ0v) is 14.6. The standard InChI is InChI=1S/C13H24N2O3.C3H8/c1-6-18-13(17)10(4)7-11(9(2)3)15(5)12(16)8-14;1-3-2/h7,9,11H,6,8,14H2,1-5H3;3H2,1-2H3/b10-7+;. The van der Waals surface area contributed by atoms with Crippen LogP contribution in [0.2, 0.25) is 0 Å². The van der Waals surface area contributed by atoms with Crippen LogP contribution in [0.3, 0.4) is 0 Å². The van der Waals surface area contributed by atoms with E-state index in [-0.39, 0.29) is 30.4 Å². The van der Waals surface area contributed by atoms with E-state index in [4.69, 9.17) is 10.5 Å². The van der Waals surface area contributed by atoms with E-state index in [1.165, 1.54) is 6.42 Å². The van der Waals surface area contributed by atoms with Crippen molar-refractivity contribution < 1.29 is 14.3 Å². The van der Waals surface area contributed by atoms with E-state index in [1.54, 1.807) is 31.9 Å². The fourth-order valence-corrected chi connectivity index (χ4v) is 1.63. The molecule has 0 spiro atoms. The summed E-state index contributed by atoms with van der Waals surface area (Å²) in [5.74, 6) is -0.312. The molecule has 124 valence electrons. The third kappa shape index (κ3) is 9.24. The number of likely N-dealkylation sites (N-methyl/N-ethyl adjacent to an activating group) is 1. The number of hydrogen-bond donors (Lipinski definition) is 1. The zero-order valence-electron chi connectivity index (χ0n) is 14.6. The van der Waals surface area contributed by atoms with Crippen LogP contribution in [0.5, 0.6) is 0 Å². The third-order valence-electron chi connectivity index (χ3n) is 2.72. The van der Waals surface area contributed by atoms with Crippen molar-refractivity contribution in [2.45, 2.75) is 54.0 Å². The summed E-state index contributed by atoms with van der Waals surface area (Å²) in [5.41, 5.74) is 5.85. The normalized spacial score (nSPS) is 12.3. The van der Waals surface area contributed by atoms with Gasteiger partial charge in [-0.2, -0.15) is 0 Å². The van der Waals surface area contributed by atoms with Crippen LogP contribution in [0.4, 0.5) is 0 Å². The molecule has 5 nitrogen and oxygen atoms in total. The Balaban J connectivity index is 0. The number of ether oxygens (including phenoxy) is 1. The predicted molar refractivity (Wildman–Crippen MR) is 86.8 cm³/mol. The highest BCUT2D eigenvalue weighted by Gasteiger charge is 2.21. The van der Waals surface area contributed by atoms with E-state index >= 15 is 0 Å². The first-order valence-corrected chi connectivity index (χ1v) is 7.57. The highest BCUT2D eigenvalue weighted by molar-refractivity contribution is 5.88. The molecular weight excluding hydrogens is 268 g/mol. The molecule has 0 rings (SSSR count). The smallest absolute Gasteiger partial charge is 0.333 e. The summed E-state index contributed by atoms with van der Waals surface area (Å²) in [6, 6.07) is -0.162. The molecule has 1 amide bonds. The molecule has 0 aliphatic rings. The van der Waals surface area contributed by atoms with Gasteiger partial charge in [0.05, 0.1) is 19.2 Å². The maximum atomic E-state index is 11.6. The third-order valence-corrected chi connectivity index (χ3v) is 2.72. The lowest BCUT2D eigenvalue weighted by molar-refractivity contribution is -0.138. The quantitative estimate of drug-likeness (QED) is 0.603. The summed E-state index contributed by atoms with van der Waals surface area (Å²) in [5, 5.41) is 0. The SMILES string of the molecule is CCC.CCOC(=O)/C(C)=C/C(C(C)C)N(C)C(=O)CN. The number of carbonyl (C=O) groups is 2. The average molecular weight is 300 g/mol. The van der Waals surface area contributed by atoms with Gasteiger partial charge in [0.25, 0.3) is 0 Å². The molecule has 1 atom stereocenters. The molecule has 2 N–H and O–H groups in total. The van der Waals surface area contributed by atoms with Crippen molar-refractivity contribution in [1.29, 1.82) is 0 Å². The van der Waals surface area contributed by atoms with E-state index < -0.39 is 0 Å². The average Bonchev–Trinajstić information content (AvgIpc) is 2.43. The number of esters is 1. The maximum absolute atomic E-state index is 11.6. The Labute approximate surface area is 129 Å². The molecule has 21 heavy (non-hydrogen) atoms. The first kappa shape index (κ1) is 21.9. The molecule has 0 aromatic heterocycles. The lowest BCUT2D eigenvalue weighted by Crippen LogP contribution is -2.42. The van der Waals surface area contributed by atoms with Gasteiger partial charge >= 0.3 is 5.97 Å². The Morgan fingerprint density at radius 2 is 1.71 bits per heavy atom. The molecule has 0 aliphatic heterocycles. The fourth-order valence-electron chi connectivity index (χ4n) is 1.63. The number of nitrogens with two attached hydrogens (primary N) is 1. The molecular formula is C16H32N2O3. The minimum Gasteiger partial charge on any atom is -0.463 e. The first-order valence-electron chi connectivity index (χ1n) is 7.57. The summed E-state index contributed by atoms with van der Waals surface area (Å²) in [6.07, 6.45) is 3.01. The Kier molecular flexibility index (Phi) is 12.9. The van der Waals surface area contributed by atoms with Crippen molar-refractivity contribution in [3.8, 4) is 0 Å². The van der Waals surface area contributed by atoms with Crippen LogP contribution in [0, 0.1) is 5.92 Å². The van der Waals surface area contributed by atoms with Crippen LogP contribution in [0.25, 0.3) is 0 Å². The van der Waals surface area contributed by atoms with Crippen molar-refractivity contribution in [2.24, 2.45) is 11.7 Å². The maximum Gasteiger partial charge on any atom is 0.333 e.